The highest BCUT2D eigenvalue weighted by Crippen LogP contribution is 2.25. The second kappa shape index (κ2) is 5.17. The molecule has 1 heterocycles. The van der Waals surface area contributed by atoms with Gasteiger partial charge in [-0.1, -0.05) is 15.9 Å². The van der Waals surface area contributed by atoms with Crippen molar-refractivity contribution in [2.24, 2.45) is 5.92 Å². The van der Waals surface area contributed by atoms with E-state index in [4.69, 9.17) is 5.11 Å². The molecule has 1 aromatic rings. The Kier molecular flexibility index (Phi) is 3.84. The molecule has 0 saturated carbocycles. The lowest BCUT2D eigenvalue weighted by molar-refractivity contribution is 0.219. The lowest BCUT2D eigenvalue weighted by Crippen LogP contribution is -2.21. The van der Waals surface area contributed by atoms with Crippen LogP contribution in [0, 0.1) is 5.92 Å². The number of likely N-dealkylation sites (tertiary alicyclic amines) is 1. The number of aliphatic hydroxyl groups is 1. The lowest BCUT2D eigenvalue weighted by Gasteiger charge is -2.16. The molecule has 1 atom stereocenters. The average Bonchev–Trinajstić information content (AvgIpc) is 2.71. The summed E-state index contributed by atoms with van der Waals surface area (Å²) in [5.74, 6) is 0.741. The van der Waals surface area contributed by atoms with E-state index in [0.717, 1.165) is 36.1 Å². The van der Waals surface area contributed by atoms with Gasteiger partial charge in [-0.25, -0.2) is 0 Å². The van der Waals surface area contributed by atoms with Gasteiger partial charge in [0.05, 0.1) is 0 Å². The van der Waals surface area contributed by atoms with Gasteiger partial charge in [0.15, 0.2) is 0 Å². The fraction of sp³-hybridized carbons (Fsp3) is 0.500. The number of aliphatic hydroxyl groups excluding tert-OH is 1. The van der Waals surface area contributed by atoms with E-state index in [1.807, 2.05) is 12.1 Å². The summed E-state index contributed by atoms with van der Waals surface area (Å²) in [7, 11) is 0. The number of hydrogen-bond donors (Lipinski definition) is 2. The van der Waals surface area contributed by atoms with Crippen molar-refractivity contribution < 1.29 is 10.2 Å². The second-order valence-electron chi connectivity index (χ2n) is 4.35. The van der Waals surface area contributed by atoms with Gasteiger partial charge in [0, 0.05) is 29.7 Å². The van der Waals surface area contributed by atoms with Gasteiger partial charge in [0.25, 0.3) is 0 Å². The van der Waals surface area contributed by atoms with E-state index in [2.05, 4.69) is 20.8 Å². The zero-order chi connectivity index (χ0) is 11.5. The molecule has 1 aliphatic heterocycles. The molecule has 16 heavy (non-hydrogen) atoms. The molecule has 2 N–H and O–H groups in total. The highest BCUT2D eigenvalue weighted by molar-refractivity contribution is 9.10. The van der Waals surface area contributed by atoms with Crippen molar-refractivity contribution in [1.29, 1.82) is 0 Å². The summed E-state index contributed by atoms with van der Waals surface area (Å²) in [6, 6.07) is 5.49. The molecule has 1 aromatic carbocycles. The number of benzene rings is 1. The Morgan fingerprint density at radius 1 is 1.44 bits per heavy atom. The first kappa shape index (κ1) is 11.9. The minimum Gasteiger partial charge on any atom is -0.508 e. The number of nitrogens with zero attached hydrogens (tertiary/aromatic N) is 1. The predicted octanol–water partition coefficient (Wildman–Crippen LogP) is 1.97. The molecule has 4 heteroatoms. The molecule has 3 nitrogen and oxygen atoms in total. The fourth-order valence-electron chi connectivity index (χ4n) is 2.13. The molecule has 1 aliphatic rings. The smallest absolute Gasteiger partial charge is 0.120 e. The van der Waals surface area contributed by atoms with Crippen LogP contribution < -0.4 is 0 Å². The molecule has 0 bridgehead atoms. The number of aromatic hydroxyl groups is 1. The van der Waals surface area contributed by atoms with E-state index in [1.54, 1.807) is 6.07 Å². The average molecular weight is 286 g/mol. The summed E-state index contributed by atoms with van der Waals surface area (Å²) in [4.78, 5) is 2.27. The van der Waals surface area contributed by atoms with Crippen LogP contribution in [-0.4, -0.2) is 34.8 Å². The number of hydrogen-bond acceptors (Lipinski definition) is 3. The van der Waals surface area contributed by atoms with Crippen LogP contribution in [-0.2, 0) is 6.54 Å². The summed E-state index contributed by atoms with van der Waals surface area (Å²) in [5, 5.41) is 18.8. The van der Waals surface area contributed by atoms with E-state index >= 15 is 0 Å². The SMILES string of the molecule is OCC1CCN(Cc2cc(Br)ccc2O)C1. The quantitative estimate of drug-likeness (QED) is 0.893. The van der Waals surface area contributed by atoms with E-state index < -0.39 is 0 Å². The maximum absolute atomic E-state index is 9.72. The summed E-state index contributed by atoms with van der Waals surface area (Å²) in [5.41, 5.74) is 0.938. The Hall–Kier alpha value is -0.580. The molecule has 0 aromatic heterocycles. The van der Waals surface area contributed by atoms with Crippen molar-refractivity contribution in [2.45, 2.75) is 13.0 Å². The molecule has 2 rings (SSSR count). The van der Waals surface area contributed by atoms with Crippen molar-refractivity contribution >= 4 is 15.9 Å². The third-order valence-corrected chi connectivity index (χ3v) is 3.56. The van der Waals surface area contributed by atoms with Crippen LogP contribution in [0.1, 0.15) is 12.0 Å². The van der Waals surface area contributed by atoms with Crippen LogP contribution in [0.2, 0.25) is 0 Å². The van der Waals surface area contributed by atoms with E-state index in [9.17, 15) is 5.11 Å². The van der Waals surface area contributed by atoms with Crippen LogP contribution in [0.25, 0.3) is 0 Å². The van der Waals surface area contributed by atoms with Gasteiger partial charge in [-0.3, -0.25) is 4.90 Å². The molecule has 0 amide bonds. The zero-order valence-electron chi connectivity index (χ0n) is 9.06. The summed E-state index contributed by atoms with van der Waals surface area (Å²) >= 11 is 3.40. The number of phenolic OH excluding ortho intramolecular Hbond substituents is 1. The van der Waals surface area contributed by atoms with Crippen LogP contribution in [0.3, 0.4) is 0 Å². The number of halogens is 1. The minimum atomic E-state index is 0.265. The maximum Gasteiger partial charge on any atom is 0.120 e. The highest BCUT2D eigenvalue weighted by atomic mass is 79.9. The third-order valence-electron chi connectivity index (χ3n) is 3.06. The van der Waals surface area contributed by atoms with Crippen molar-refractivity contribution in [1.82, 2.24) is 4.90 Å². The van der Waals surface area contributed by atoms with Crippen LogP contribution in [0.15, 0.2) is 22.7 Å². The standard InChI is InChI=1S/C12H16BrNO2/c13-11-1-2-12(16)10(5-11)7-14-4-3-9(6-14)8-15/h1-2,5,9,15-16H,3-4,6-8H2. The summed E-state index contributed by atoms with van der Waals surface area (Å²) < 4.78 is 0.984. The molecule has 0 spiro atoms. The van der Waals surface area contributed by atoms with E-state index in [0.29, 0.717) is 11.7 Å². The molecule has 0 aliphatic carbocycles. The predicted molar refractivity (Wildman–Crippen MR) is 66.3 cm³/mol. The Labute approximate surface area is 104 Å². The van der Waals surface area contributed by atoms with Gasteiger partial charge >= 0.3 is 0 Å². The van der Waals surface area contributed by atoms with Gasteiger partial charge in [0.2, 0.25) is 0 Å². The van der Waals surface area contributed by atoms with Crippen molar-refractivity contribution in [2.75, 3.05) is 19.7 Å². The summed E-state index contributed by atoms with van der Waals surface area (Å²) in [6.45, 7) is 2.93. The zero-order valence-corrected chi connectivity index (χ0v) is 10.7. The van der Waals surface area contributed by atoms with Gasteiger partial charge in [-0.2, -0.15) is 0 Å². The molecular formula is C12H16BrNO2. The van der Waals surface area contributed by atoms with E-state index in [-0.39, 0.29) is 6.61 Å². The van der Waals surface area contributed by atoms with Crippen molar-refractivity contribution in [3.05, 3.63) is 28.2 Å². The summed E-state index contributed by atoms with van der Waals surface area (Å²) in [6.07, 6.45) is 1.05. The molecule has 0 radical (unpaired) electrons. The van der Waals surface area contributed by atoms with Gasteiger partial charge in [-0.15, -0.1) is 0 Å². The number of phenols is 1. The van der Waals surface area contributed by atoms with Crippen molar-refractivity contribution in [3.8, 4) is 5.75 Å². The lowest BCUT2D eigenvalue weighted by atomic mass is 10.1. The first-order valence-corrected chi connectivity index (χ1v) is 6.29. The largest absolute Gasteiger partial charge is 0.508 e. The fourth-order valence-corrected chi connectivity index (χ4v) is 2.54. The molecule has 1 saturated heterocycles. The van der Waals surface area contributed by atoms with E-state index in [1.165, 1.54) is 0 Å². The van der Waals surface area contributed by atoms with Crippen LogP contribution in [0.5, 0.6) is 5.75 Å². The first-order valence-electron chi connectivity index (χ1n) is 5.49. The van der Waals surface area contributed by atoms with Gasteiger partial charge in [0.1, 0.15) is 5.75 Å². The number of rotatable bonds is 3. The first-order chi connectivity index (χ1) is 7.69. The topological polar surface area (TPSA) is 43.7 Å². The Morgan fingerprint density at radius 3 is 2.94 bits per heavy atom. The molecule has 1 unspecified atom stereocenters. The van der Waals surface area contributed by atoms with Crippen LogP contribution in [0.4, 0.5) is 0 Å². The molecule has 1 fully saturated rings. The Balaban J connectivity index is 2.01. The monoisotopic (exact) mass is 285 g/mol. The second-order valence-corrected chi connectivity index (χ2v) is 5.26. The van der Waals surface area contributed by atoms with Crippen molar-refractivity contribution in [3.63, 3.8) is 0 Å². The Morgan fingerprint density at radius 2 is 2.25 bits per heavy atom. The highest BCUT2D eigenvalue weighted by Gasteiger charge is 2.22. The van der Waals surface area contributed by atoms with Gasteiger partial charge < -0.3 is 10.2 Å². The van der Waals surface area contributed by atoms with Gasteiger partial charge in [-0.05, 0) is 37.1 Å². The Bertz CT molecular complexity index is 370. The maximum atomic E-state index is 9.72. The minimum absolute atomic E-state index is 0.265. The molecular weight excluding hydrogens is 270 g/mol. The van der Waals surface area contributed by atoms with Crippen LogP contribution >= 0.6 is 15.9 Å². The third kappa shape index (κ3) is 2.75. The molecule has 88 valence electrons. The normalized spacial score (nSPS) is 21.5.